The van der Waals surface area contributed by atoms with E-state index >= 15 is 0 Å². The highest BCUT2D eigenvalue weighted by Gasteiger charge is 2.47. The number of thiazole rings is 2. The molecule has 1 atom stereocenters. The zero-order valence-electron chi connectivity index (χ0n) is 21.2. The predicted octanol–water partition coefficient (Wildman–Crippen LogP) is 5.79. The van der Waals surface area contributed by atoms with Crippen LogP contribution in [0.3, 0.4) is 0 Å². The van der Waals surface area contributed by atoms with Crippen LogP contribution in [0.5, 0.6) is 11.5 Å². The molecule has 1 unspecified atom stereocenters. The second-order valence-electron chi connectivity index (χ2n) is 8.85. The Balaban J connectivity index is 1.76. The van der Waals surface area contributed by atoms with Crippen molar-refractivity contribution in [3.8, 4) is 11.5 Å². The summed E-state index contributed by atoms with van der Waals surface area (Å²) in [5, 5.41) is 12.3. The Morgan fingerprint density at radius 2 is 1.78 bits per heavy atom. The number of nitrogens with zero attached hydrogens (tertiary/aromatic N) is 3. The van der Waals surface area contributed by atoms with Crippen LogP contribution in [0.4, 0.5) is 5.13 Å². The third kappa shape index (κ3) is 4.06. The summed E-state index contributed by atoms with van der Waals surface area (Å²) in [7, 11) is 3.04. The maximum Gasteiger partial charge on any atom is 0.296 e. The highest BCUT2D eigenvalue weighted by atomic mass is 32.1. The third-order valence-corrected chi connectivity index (χ3v) is 8.39. The summed E-state index contributed by atoms with van der Waals surface area (Å²) in [6, 6.07) is 8.20. The number of amides is 1. The average Bonchev–Trinajstić information content (AvgIpc) is 3.51. The molecule has 3 heterocycles. The molecule has 0 saturated heterocycles. The molecule has 0 spiro atoms. The van der Waals surface area contributed by atoms with Gasteiger partial charge in [-0.3, -0.25) is 14.5 Å². The lowest BCUT2D eigenvalue weighted by Crippen LogP contribution is -2.31. The number of aliphatic hydroxyl groups excluding tert-OH is 1. The van der Waals surface area contributed by atoms with Crippen molar-refractivity contribution in [3.63, 3.8) is 0 Å². The summed E-state index contributed by atoms with van der Waals surface area (Å²) < 4.78 is 12.0. The maximum absolute atomic E-state index is 13.9. The van der Waals surface area contributed by atoms with E-state index in [4.69, 9.17) is 14.5 Å². The van der Waals surface area contributed by atoms with Crippen molar-refractivity contribution in [1.29, 1.82) is 0 Å². The summed E-state index contributed by atoms with van der Waals surface area (Å²) in [6.45, 7) is 7.51. The average molecular weight is 536 g/mol. The van der Waals surface area contributed by atoms with Gasteiger partial charge >= 0.3 is 0 Å². The molecule has 37 heavy (non-hydrogen) atoms. The number of rotatable bonds is 6. The zero-order valence-corrected chi connectivity index (χ0v) is 22.8. The monoisotopic (exact) mass is 535 g/mol. The van der Waals surface area contributed by atoms with E-state index in [0.717, 1.165) is 26.4 Å². The summed E-state index contributed by atoms with van der Waals surface area (Å²) in [5.74, 6) is -0.821. The molecule has 0 fully saturated rings. The fourth-order valence-electron chi connectivity index (χ4n) is 4.71. The molecule has 0 aliphatic carbocycles. The molecule has 1 aliphatic rings. The number of aryl methyl sites for hydroxylation is 4. The summed E-state index contributed by atoms with van der Waals surface area (Å²) in [6.07, 6.45) is 0. The summed E-state index contributed by atoms with van der Waals surface area (Å²) in [4.78, 5) is 38.5. The van der Waals surface area contributed by atoms with Crippen molar-refractivity contribution in [2.24, 2.45) is 0 Å². The molecule has 5 rings (SSSR count). The van der Waals surface area contributed by atoms with Gasteiger partial charge in [-0.25, -0.2) is 9.97 Å². The van der Waals surface area contributed by atoms with E-state index < -0.39 is 23.5 Å². The van der Waals surface area contributed by atoms with Crippen molar-refractivity contribution >= 4 is 49.7 Å². The van der Waals surface area contributed by atoms with Crippen LogP contribution in [0.15, 0.2) is 41.7 Å². The first kappa shape index (κ1) is 24.9. The van der Waals surface area contributed by atoms with Gasteiger partial charge in [-0.15, -0.1) is 11.3 Å². The van der Waals surface area contributed by atoms with Crippen molar-refractivity contribution in [2.75, 3.05) is 19.1 Å². The van der Waals surface area contributed by atoms with Gasteiger partial charge in [-0.2, -0.15) is 0 Å². The highest BCUT2D eigenvalue weighted by Crippen LogP contribution is 2.48. The summed E-state index contributed by atoms with van der Waals surface area (Å²) in [5.41, 5.74) is 3.81. The number of anilines is 1. The van der Waals surface area contributed by atoms with Crippen LogP contribution in [-0.4, -0.2) is 41.0 Å². The largest absolute Gasteiger partial charge is 0.503 e. The lowest BCUT2D eigenvalue weighted by molar-refractivity contribution is -0.117. The van der Waals surface area contributed by atoms with Crippen LogP contribution >= 0.6 is 22.7 Å². The lowest BCUT2D eigenvalue weighted by Gasteiger charge is -2.26. The fraction of sp³-hybridized carbons (Fsp3) is 0.259. The number of aromatic nitrogens is 2. The van der Waals surface area contributed by atoms with Crippen molar-refractivity contribution in [1.82, 2.24) is 9.97 Å². The van der Waals surface area contributed by atoms with Gasteiger partial charge in [-0.1, -0.05) is 17.4 Å². The number of ether oxygens (including phenoxy) is 2. The van der Waals surface area contributed by atoms with E-state index in [0.29, 0.717) is 32.8 Å². The minimum Gasteiger partial charge on any atom is -0.503 e. The van der Waals surface area contributed by atoms with Gasteiger partial charge < -0.3 is 14.6 Å². The molecule has 2 aromatic heterocycles. The van der Waals surface area contributed by atoms with E-state index in [1.807, 2.05) is 32.9 Å². The highest BCUT2D eigenvalue weighted by molar-refractivity contribution is 7.22. The molecule has 1 aliphatic heterocycles. The predicted molar refractivity (Wildman–Crippen MR) is 144 cm³/mol. The number of carbonyl (C=O) groups excluding carboxylic acids is 2. The van der Waals surface area contributed by atoms with Crippen LogP contribution in [0.2, 0.25) is 0 Å². The molecular formula is C27H25N3O5S2. The number of benzene rings is 2. The quantitative estimate of drug-likeness (QED) is 0.312. The second-order valence-corrected chi connectivity index (χ2v) is 11.1. The van der Waals surface area contributed by atoms with Crippen molar-refractivity contribution in [2.45, 2.75) is 33.7 Å². The Labute approximate surface area is 221 Å². The molecule has 4 aromatic rings. The van der Waals surface area contributed by atoms with E-state index in [2.05, 4.69) is 4.98 Å². The molecule has 1 amide bonds. The number of Topliss-reactive ketones (excluding diaryl/α,β-unsaturated/α-hetero) is 1. The van der Waals surface area contributed by atoms with E-state index in [9.17, 15) is 14.7 Å². The van der Waals surface area contributed by atoms with Crippen LogP contribution in [0.1, 0.15) is 43.1 Å². The minimum atomic E-state index is -0.992. The first-order valence-corrected chi connectivity index (χ1v) is 13.1. The second kappa shape index (κ2) is 9.28. The van der Waals surface area contributed by atoms with Gasteiger partial charge in [0.15, 0.2) is 10.9 Å². The minimum absolute atomic E-state index is 0.0459. The normalized spacial score (nSPS) is 15.7. The molecule has 10 heteroatoms. The molecular weight excluding hydrogens is 510 g/mol. The topological polar surface area (TPSA) is 102 Å². The number of carbonyl (C=O) groups is 2. The first-order valence-electron chi connectivity index (χ1n) is 11.5. The number of methoxy groups -OCH3 is 2. The smallest absolute Gasteiger partial charge is 0.296 e. The van der Waals surface area contributed by atoms with Crippen LogP contribution < -0.4 is 14.4 Å². The number of ketones is 1. The van der Waals surface area contributed by atoms with Gasteiger partial charge in [0, 0.05) is 5.56 Å². The van der Waals surface area contributed by atoms with E-state index in [-0.39, 0.29) is 5.57 Å². The van der Waals surface area contributed by atoms with Crippen molar-refractivity contribution < 1.29 is 24.2 Å². The Hall–Kier alpha value is -3.76. The Bertz CT molecular complexity index is 1620. The third-order valence-electron chi connectivity index (χ3n) is 6.32. The number of aliphatic hydroxyl groups is 1. The fourth-order valence-corrected chi connectivity index (χ4v) is 6.75. The SMILES string of the molecule is COc1ccc(OC)c(C2C(C(=O)c3sc(C)nc3C)=C(O)C(=O)N2c2nc3c(C)cc(C)cc3s2)c1. The zero-order chi connectivity index (χ0) is 26.6. The molecule has 190 valence electrons. The van der Waals surface area contributed by atoms with E-state index in [1.165, 1.54) is 41.8 Å². The Morgan fingerprint density at radius 1 is 1.03 bits per heavy atom. The molecule has 0 saturated carbocycles. The number of hydrogen-bond acceptors (Lipinski definition) is 9. The maximum atomic E-state index is 13.9. The van der Waals surface area contributed by atoms with Gasteiger partial charge in [-0.05, 0) is 63.1 Å². The Morgan fingerprint density at radius 3 is 2.43 bits per heavy atom. The molecule has 0 bridgehead atoms. The van der Waals surface area contributed by atoms with Crippen molar-refractivity contribution in [3.05, 3.63) is 73.9 Å². The summed E-state index contributed by atoms with van der Waals surface area (Å²) >= 11 is 2.56. The molecule has 1 N–H and O–H groups in total. The van der Waals surface area contributed by atoms with Gasteiger partial charge in [0.05, 0.1) is 45.6 Å². The van der Waals surface area contributed by atoms with Gasteiger partial charge in [0.1, 0.15) is 17.5 Å². The number of fused-ring (bicyclic) bond motifs is 1. The van der Waals surface area contributed by atoms with E-state index in [1.54, 1.807) is 25.1 Å². The van der Waals surface area contributed by atoms with Crippen LogP contribution in [0.25, 0.3) is 10.2 Å². The van der Waals surface area contributed by atoms with Gasteiger partial charge in [0.2, 0.25) is 5.78 Å². The van der Waals surface area contributed by atoms with Crippen LogP contribution in [0, 0.1) is 27.7 Å². The van der Waals surface area contributed by atoms with Crippen LogP contribution in [-0.2, 0) is 4.79 Å². The molecule has 0 radical (unpaired) electrons. The first-order chi connectivity index (χ1) is 17.6. The van der Waals surface area contributed by atoms with Gasteiger partial charge in [0.25, 0.3) is 5.91 Å². The standard InChI is InChI=1S/C27H25N3O5S2/c1-12-9-13(2)21-19(10-12)37-27(29-21)30-22(17-11-16(34-5)7-8-18(17)35-6)20(24(32)26(30)33)23(31)25-14(3)28-15(4)36-25/h7-11,22,32H,1-6H3. The number of hydrogen-bond donors (Lipinski definition) is 1. The lowest BCUT2D eigenvalue weighted by atomic mass is 9.94. The Kier molecular flexibility index (Phi) is 6.25. The molecule has 2 aromatic carbocycles. The molecule has 8 nitrogen and oxygen atoms in total.